The highest BCUT2D eigenvalue weighted by Crippen LogP contribution is 2.44. The first-order chi connectivity index (χ1) is 9.54. The molecule has 1 aromatic carbocycles. The van der Waals surface area contributed by atoms with Crippen molar-refractivity contribution < 1.29 is 14.3 Å². The van der Waals surface area contributed by atoms with Crippen molar-refractivity contribution in [1.82, 2.24) is 4.90 Å². The number of esters is 1. The van der Waals surface area contributed by atoms with Crippen molar-refractivity contribution in [3.05, 3.63) is 34.9 Å². The lowest BCUT2D eigenvalue weighted by Crippen LogP contribution is -2.30. The molecule has 1 aliphatic carbocycles. The third kappa shape index (κ3) is 1.99. The summed E-state index contributed by atoms with van der Waals surface area (Å²) in [5.74, 6) is -0.119. The SMILES string of the molecule is COC(=O)c1cccc2c1CC1(CCN(C(C)=O)C1)C2. The Morgan fingerprint density at radius 2 is 2.10 bits per heavy atom. The highest BCUT2D eigenvalue weighted by molar-refractivity contribution is 5.91. The van der Waals surface area contributed by atoms with Gasteiger partial charge >= 0.3 is 5.97 Å². The molecule has 20 heavy (non-hydrogen) atoms. The lowest BCUT2D eigenvalue weighted by molar-refractivity contribution is -0.128. The predicted molar refractivity (Wildman–Crippen MR) is 74.5 cm³/mol. The van der Waals surface area contributed by atoms with Crippen LogP contribution in [0.25, 0.3) is 0 Å². The van der Waals surface area contributed by atoms with E-state index in [1.54, 1.807) is 6.92 Å². The molecule has 0 N–H and O–H groups in total. The number of amides is 1. The van der Waals surface area contributed by atoms with Crippen LogP contribution in [-0.2, 0) is 22.4 Å². The van der Waals surface area contributed by atoms with Gasteiger partial charge < -0.3 is 9.64 Å². The van der Waals surface area contributed by atoms with Crippen LogP contribution < -0.4 is 0 Å². The number of fused-ring (bicyclic) bond motifs is 1. The summed E-state index contributed by atoms with van der Waals surface area (Å²) in [4.78, 5) is 25.3. The summed E-state index contributed by atoms with van der Waals surface area (Å²) in [5.41, 5.74) is 3.16. The number of nitrogens with zero attached hydrogens (tertiary/aromatic N) is 1. The van der Waals surface area contributed by atoms with Gasteiger partial charge in [0.25, 0.3) is 0 Å². The first-order valence-electron chi connectivity index (χ1n) is 6.99. The maximum atomic E-state index is 11.9. The Hall–Kier alpha value is -1.84. The van der Waals surface area contributed by atoms with Crippen molar-refractivity contribution in [2.24, 2.45) is 5.41 Å². The number of hydrogen-bond acceptors (Lipinski definition) is 3. The molecule has 1 atom stereocenters. The second-order valence-corrected chi connectivity index (χ2v) is 5.98. The van der Waals surface area contributed by atoms with Crippen LogP contribution in [-0.4, -0.2) is 37.0 Å². The molecule has 1 amide bonds. The second kappa shape index (κ2) is 4.62. The molecular weight excluding hydrogens is 254 g/mol. The number of likely N-dealkylation sites (tertiary alicyclic amines) is 1. The molecule has 1 aromatic rings. The first-order valence-corrected chi connectivity index (χ1v) is 6.99. The molecular formula is C16H19NO3. The van der Waals surface area contributed by atoms with Crippen molar-refractivity contribution >= 4 is 11.9 Å². The molecule has 0 aromatic heterocycles. The summed E-state index contributed by atoms with van der Waals surface area (Å²) in [7, 11) is 1.42. The minimum atomic E-state index is -0.264. The summed E-state index contributed by atoms with van der Waals surface area (Å²) in [5, 5.41) is 0. The van der Waals surface area contributed by atoms with Gasteiger partial charge in [-0.3, -0.25) is 4.79 Å². The smallest absolute Gasteiger partial charge is 0.338 e. The van der Waals surface area contributed by atoms with Crippen LogP contribution in [0.1, 0.15) is 34.8 Å². The van der Waals surface area contributed by atoms with E-state index in [9.17, 15) is 9.59 Å². The summed E-state index contributed by atoms with van der Waals surface area (Å²) < 4.78 is 4.87. The van der Waals surface area contributed by atoms with Crippen LogP contribution in [0.4, 0.5) is 0 Å². The summed E-state index contributed by atoms with van der Waals surface area (Å²) in [6.45, 7) is 3.26. The molecule has 1 spiro atoms. The lowest BCUT2D eigenvalue weighted by atomic mass is 9.84. The largest absolute Gasteiger partial charge is 0.465 e. The van der Waals surface area contributed by atoms with E-state index in [1.807, 2.05) is 17.0 Å². The van der Waals surface area contributed by atoms with Crippen LogP contribution in [0.5, 0.6) is 0 Å². The van der Waals surface area contributed by atoms with Gasteiger partial charge in [0.1, 0.15) is 0 Å². The van der Waals surface area contributed by atoms with Gasteiger partial charge in [0, 0.05) is 20.0 Å². The Morgan fingerprint density at radius 1 is 1.30 bits per heavy atom. The molecule has 4 heteroatoms. The van der Waals surface area contributed by atoms with Crippen molar-refractivity contribution in [3.8, 4) is 0 Å². The first kappa shape index (κ1) is 13.2. The van der Waals surface area contributed by atoms with E-state index in [1.165, 1.54) is 12.7 Å². The zero-order valence-electron chi connectivity index (χ0n) is 11.9. The van der Waals surface area contributed by atoms with Gasteiger partial charge in [-0.05, 0) is 41.9 Å². The molecule has 106 valence electrons. The summed E-state index contributed by atoms with van der Waals surface area (Å²) in [6.07, 6.45) is 2.84. The van der Waals surface area contributed by atoms with Crippen molar-refractivity contribution in [2.75, 3.05) is 20.2 Å². The van der Waals surface area contributed by atoms with Crippen molar-refractivity contribution in [1.29, 1.82) is 0 Å². The molecule has 0 bridgehead atoms. The minimum Gasteiger partial charge on any atom is -0.465 e. The van der Waals surface area contributed by atoms with Gasteiger partial charge in [0.15, 0.2) is 0 Å². The molecule has 3 rings (SSSR count). The monoisotopic (exact) mass is 273 g/mol. The summed E-state index contributed by atoms with van der Waals surface area (Å²) >= 11 is 0. The highest BCUT2D eigenvalue weighted by atomic mass is 16.5. The maximum Gasteiger partial charge on any atom is 0.338 e. The summed E-state index contributed by atoms with van der Waals surface area (Å²) in [6, 6.07) is 5.84. The number of carbonyl (C=O) groups excluding carboxylic acids is 2. The van der Waals surface area contributed by atoms with Gasteiger partial charge in [0.2, 0.25) is 5.91 Å². The highest BCUT2D eigenvalue weighted by Gasteiger charge is 2.44. The van der Waals surface area contributed by atoms with E-state index < -0.39 is 0 Å². The molecule has 0 radical (unpaired) electrons. The van der Waals surface area contributed by atoms with E-state index in [-0.39, 0.29) is 17.3 Å². The molecule has 1 heterocycles. The fourth-order valence-electron chi connectivity index (χ4n) is 3.64. The Morgan fingerprint density at radius 3 is 2.75 bits per heavy atom. The normalized spacial score (nSPS) is 24.0. The molecule has 1 fully saturated rings. The Kier molecular flexibility index (Phi) is 3.04. The predicted octanol–water partition coefficient (Wildman–Crippen LogP) is 1.81. The van der Waals surface area contributed by atoms with E-state index in [0.717, 1.165) is 37.9 Å². The number of rotatable bonds is 1. The third-order valence-corrected chi connectivity index (χ3v) is 4.68. The van der Waals surface area contributed by atoms with Crippen molar-refractivity contribution in [2.45, 2.75) is 26.2 Å². The van der Waals surface area contributed by atoms with E-state index in [4.69, 9.17) is 4.74 Å². The van der Waals surface area contributed by atoms with Gasteiger partial charge in [-0.25, -0.2) is 4.79 Å². The topological polar surface area (TPSA) is 46.6 Å². The second-order valence-electron chi connectivity index (χ2n) is 5.98. The number of hydrogen-bond donors (Lipinski definition) is 0. The lowest BCUT2D eigenvalue weighted by Gasteiger charge is -2.23. The van der Waals surface area contributed by atoms with E-state index >= 15 is 0 Å². The molecule has 1 unspecified atom stereocenters. The number of methoxy groups -OCH3 is 1. The standard InChI is InChI=1S/C16H19NO3/c1-11(18)17-7-6-16(10-17)8-12-4-3-5-13(14(12)9-16)15(19)20-2/h3-5H,6-10H2,1-2H3. The maximum absolute atomic E-state index is 11.9. The average Bonchev–Trinajstić information content (AvgIpc) is 3.01. The van der Waals surface area contributed by atoms with Crippen LogP contribution in [0.15, 0.2) is 18.2 Å². The van der Waals surface area contributed by atoms with Gasteiger partial charge in [-0.2, -0.15) is 0 Å². The molecule has 2 aliphatic rings. The van der Waals surface area contributed by atoms with Crippen LogP contribution in [0.3, 0.4) is 0 Å². The number of carbonyl (C=O) groups is 2. The average molecular weight is 273 g/mol. The van der Waals surface area contributed by atoms with Gasteiger partial charge in [-0.1, -0.05) is 12.1 Å². The Bertz CT molecular complexity index is 581. The Balaban J connectivity index is 1.90. The molecule has 0 saturated carbocycles. The zero-order chi connectivity index (χ0) is 14.3. The molecule has 1 saturated heterocycles. The zero-order valence-corrected chi connectivity index (χ0v) is 11.9. The van der Waals surface area contributed by atoms with Crippen LogP contribution in [0, 0.1) is 5.41 Å². The fourth-order valence-corrected chi connectivity index (χ4v) is 3.64. The Labute approximate surface area is 118 Å². The quantitative estimate of drug-likeness (QED) is 0.733. The minimum absolute atomic E-state index is 0.123. The van der Waals surface area contributed by atoms with Crippen LogP contribution in [0.2, 0.25) is 0 Å². The van der Waals surface area contributed by atoms with Gasteiger partial charge in [-0.15, -0.1) is 0 Å². The number of benzene rings is 1. The van der Waals surface area contributed by atoms with E-state index in [2.05, 4.69) is 6.07 Å². The van der Waals surface area contributed by atoms with Crippen molar-refractivity contribution in [3.63, 3.8) is 0 Å². The van der Waals surface area contributed by atoms with E-state index in [0.29, 0.717) is 5.56 Å². The van der Waals surface area contributed by atoms with Gasteiger partial charge in [0.05, 0.1) is 12.7 Å². The molecule has 1 aliphatic heterocycles. The fraction of sp³-hybridized carbons (Fsp3) is 0.500. The molecule has 4 nitrogen and oxygen atoms in total. The van der Waals surface area contributed by atoms with Crippen LogP contribution >= 0.6 is 0 Å². The third-order valence-electron chi connectivity index (χ3n) is 4.68. The number of ether oxygens (including phenoxy) is 1.